The smallest absolute Gasteiger partial charge is 0.137 e. The first-order valence-electron chi connectivity index (χ1n) is 5.11. The molecule has 1 saturated carbocycles. The summed E-state index contributed by atoms with van der Waals surface area (Å²) in [4.78, 5) is 11.4. The summed E-state index contributed by atoms with van der Waals surface area (Å²) in [5.74, 6) is 0.555. The first-order chi connectivity index (χ1) is 7.13. The van der Waals surface area contributed by atoms with Crippen molar-refractivity contribution in [1.29, 1.82) is 0 Å². The van der Waals surface area contributed by atoms with Gasteiger partial charge in [0.25, 0.3) is 0 Å². The standard InChI is InChI=1S/C12H12BrFO/c1-2-12(15)9-6-8(9)7-3-4-11(14)10(13)5-7/h3-5,8-9H,2,6H2,1H3. The molecule has 0 heterocycles. The number of hydrogen-bond acceptors (Lipinski definition) is 1. The Balaban J connectivity index is 2.13. The van der Waals surface area contributed by atoms with Crippen molar-refractivity contribution in [2.45, 2.75) is 25.7 Å². The summed E-state index contributed by atoms with van der Waals surface area (Å²) in [5, 5.41) is 0. The third kappa shape index (κ3) is 2.12. The molecule has 3 heteroatoms. The zero-order valence-corrected chi connectivity index (χ0v) is 10.1. The molecule has 80 valence electrons. The summed E-state index contributed by atoms with van der Waals surface area (Å²) in [7, 11) is 0. The number of hydrogen-bond donors (Lipinski definition) is 0. The van der Waals surface area contributed by atoms with Gasteiger partial charge in [0.15, 0.2) is 0 Å². The number of Topliss-reactive ketones (excluding diaryl/α,β-unsaturated/α-hetero) is 1. The lowest BCUT2D eigenvalue weighted by Crippen LogP contribution is -1.99. The van der Waals surface area contributed by atoms with Crippen LogP contribution >= 0.6 is 15.9 Å². The fourth-order valence-corrected chi connectivity index (χ4v) is 2.32. The minimum absolute atomic E-state index is 0.173. The van der Waals surface area contributed by atoms with Crippen LogP contribution < -0.4 is 0 Å². The summed E-state index contributed by atoms with van der Waals surface area (Å²) in [5.41, 5.74) is 1.06. The monoisotopic (exact) mass is 270 g/mol. The molecule has 1 aromatic rings. The van der Waals surface area contributed by atoms with E-state index in [9.17, 15) is 9.18 Å². The molecular formula is C12H12BrFO. The zero-order valence-electron chi connectivity index (χ0n) is 8.47. The van der Waals surface area contributed by atoms with Crippen molar-refractivity contribution < 1.29 is 9.18 Å². The summed E-state index contributed by atoms with van der Waals surface area (Å²) in [6.07, 6.45) is 1.52. The van der Waals surface area contributed by atoms with Crippen LogP contribution in [0.1, 0.15) is 31.2 Å². The third-order valence-electron chi connectivity index (χ3n) is 2.92. The van der Waals surface area contributed by atoms with Gasteiger partial charge < -0.3 is 0 Å². The summed E-state index contributed by atoms with van der Waals surface area (Å²) in [6, 6.07) is 5.00. The van der Waals surface area contributed by atoms with Gasteiger partial charge >= 0.3 is 0 Å². The molecule has 1 nitrogen and oxygen atoms in total. The van der Waals surface area contributed by atoms with E-state index in [4.69, 9.17) is 0 Å². The van der Waals surface area contributed by atoms with Gasteiger partial charge in [-0.05, 0) is 46.0 Å². The van der Waals surface area contributed by atoms with Crippen LogP contribution in [0.15, 0.2) is 22.7 Å². The first-order valence-corrected chi connectivity index (χ1v) is 5.90. The van der Waals surface area contributed by atoms with Gasteiger partial charge in [0.2, 0.25) is 0 Å². The van der Waals surface area contributed by atoms with Gasteiger partial charge in [0.05, 0.1) is 4.47 Å². The van der Waals surface area contributed by atoms with Gasteiger partial charge in [-0.1, -0.05) is 13.0 Å². The van der Waals surface area contributed by atoms with Crippen molar-refractivity contribution in [3.8, 4) is 0 Å². The zero-order chi connectivity index (χ0) is 11.0. The molecule has 0 N–H and O–H groups in total. The number of ketones is 1. The molecule has 2 unspecified atom stereocenters. The van der Waals surface area contributed by atoms with E-state index < -0.39 is 0 Å². The molecule has 1 aliphatic carbocycles. The maximum atomic E-state index is 13.0. The van der Waals surface area contributed by atoms with Crippen molar-refractivity contribution >= 4 is 21.7 Å². The minimum atomic E-state index is -0.252. The van der Waals surface area contributed by atoms with Crippen molar-refractivity contribution in [3.63, 3.8) is 0 Å². The van der Waals surface area contributed by atoms with Crippen molar-refractivity contribution in [3.05, 3.63) is 34.1 Å². The van der Waals surface area contributed by atoms with E-state index in [0.29, 0.717) is 22.6 Å². The van der Waals surface area contributed by atoms with E-state index in [1.165, 1.54) is 6.07 Å². The second-order valence-electron chi connectivity index (χ2n) is 3.94. The van der Waals surface area contributed by atoms with Gasteiger partial charge in [0, 0.05) is 12.3 Å². The summed E-state index contributed by atoms with van der Waals surface area (Å²) in [6.45, 7) is 1.89. The molecule has 15 heavy (non-hydrogen) atoms. The predicted octanol–water partition coefficient (Wildman–Crippen LogP) is 3.67. The maximum absolute atomic E-state index is 13.0. The predicted molar refractivity (Wildman–Crippen MR) is 60.2 cm³/mol. The van der Waals surface area contributed by atoms with Crippen molar-refractivity contribution in [1.82, 2.24) is 0 Å². The molecule has 0 aromatic heterocycles. The Bertz CT molecular complexity index is 403. The number of benzene rings is 1. The van der Waals surface area contributed by atoms with Crippen LogP contribution in [0.25, 0.3) is 0 Å². The van der Waals surface area contributed by atoms with Crippen LogP contribution in [0.5, 0.6) is 0 Å². The molecule has 0 spiro atoms. The maximum Gasteiger partial charge on any atom is 0.137 e. The molecule has 2 rings (SSSR count). The Morgan fingerprint density at radius 3 is 2.93 bits per heavy atom. The van der Waals surface area contributed by atoms with Gasteiger partial charge in [-0.15, -0.1) is 0 Å². The van der Waals surface area contributed by atoms with E-state index in [0.717, 1.165) is 12.0 Å². The van der Waals surface area contributed by atoms with Crippen LogP contribution in [0.3, 0.4) is 0 Å². The van der Waals surface area contributed by atoms with Gasteiger partial charge in [-0.2, -0.15) is 0 Å². The Morgan fingerprint density at radius 2 is 2.33 bits per heavy atom. The quantitative estimate of drug-likeness (QED) is 0.819. The van der Waals surface area contributed by atoms with Gasteiger partial charge in [-0.25, -0.2) is 4.39 Å². The normalized spacial score (nSPS) is 23.9. The van der Waals surface area contributed by atoms with E-state index in [2.05, 4.69) is 15.9 Å². The lowest BCUT2D eigenvalue weighted by molar-refractivity contribution is -0.120. The molecule has 0 saturated heterocycles. The lowest BCUT2D eigenvalue weighted by Gasteiger charge is -2.01. The molecule has 0 radical (unpaired) electrons. The molecular weight excluding hydrogens is 259 g/mol. The second-order valence-corrected chi connectivity index (χ2v) is 4.80. The van der Waals surface area contributed by atoms with E-state index in [1.807, 2.05) is 6.92 Å². The molecule has 1 aromatic carbocycles. The molecule has 2 atom stereocenters. The molecule has 0 amide bonds. The number of carbonyl (C=O) groups excluding carboxylic acids is 1. The van der Waals surface area contributed by atoms with Gasteiger partial charge in [-0.3, -0.25) is 4.79 Å². The van der Waals surface area contributed by atoms with Crippen LogP contribution in [0.4, 0.5) is 4.39 Å². The van der Waals surface area contributed by atoms with E-state index in [1.54, 1.807) is 12.1 Å². The first kappa shape index (κ1) is 10.8. The second kappa shape index (κ2) is 4.05. The lowest BCUT2D eigenvalue weighted by atomic mass is 10.1. The number of rotatable bonds is 3. The van der Waals surface area contributed by atoms with Gasteiger partial charge in [0.1, 0.15) is 11.6 Å². The van der Waals surface area contributed by atoms with Crippen LogP contribution in [-0.2, 0) is 4.79 Å². The molecule has 0 aliphatic heterocycles. The molecule has 1 fully saturated rings. The third-order valence-corrected chi connectivity index (χ3v) is 3.53. The highest BCUT2D eigenvalue weighted by Crippen LogP contribution is 2.48. The molecule has 0 bridgehead atoms. The average Bonchev–Trinajstić information content (AvgIpc) is 3.01. The Hall–Kier alpha value is -0.700. The fourth-order valence-electron chi connectivity index (χ4n) is 1.92. The average molecular weight is 271 g/mol. The minimum Gasteiger partial charge on any atom is -0.299 e. The van der Waals surface area contributed by atoms with Crippen molar-refractivity contribution in [2.75, 3.05) is 0 Å². The Kier molecular flexibility index (Phi) is 2.91. The topological polar surface area (TPSA) is 17.1 Å². The highest BCUT2D eigenvalue weighted by atomic mass is 79.9. The van der Waals surface area contributed by atoms with Crippen molar-refractivity contribution in [2.24, 2.45) is 5.92 Å². The van der Waals surface area contributed by atoms with Crippen LogP contribution in [0.2, 0.25) is 0 Å². The summed E-state index contributed by atoms with van der Waals surface area (Å²) >= 11 is 3.16. The largest absolute Gasteiger partial charge is 0.299 e. The number of carbonyl (C=O) groups is 1. The van der Waals surface area contributed by atoms with Crippen LogP contribution in [0, 0.1) is 11.7 Å². The SMILES string of the molecule is CCC(=O)C1CC1c1ccc(F)c(Br)c1. The highest BCUT2D eigenvalue weighted by Gasteiger charge is 2.42. The fraction of sp³-hybridized carbons (Fsp3) is 0.417. The Labute approximate surface area is 96.8 Å². The highest BCUT2D eigenvalue weighted by molar-refractivity contribution is 9.10. The van der Waals surface area contributed by atoms with Crippen LogP contribution in [-0.4, -0.2) is 5.78 Å². The number of halogens is 2. The van der Waals surface area contributed by atoms with E-state index >= 15 is 0 Å². The Morgan fingerprint density at radius 1 is 1.60 bits per heavy atom. The van der Waals surface area contributed by atoms with E-state index in [-0.39, 0.29) is 11.7 Å². The molecule has 1 aliphatic rings. The summed E-state index contributed by atoms with van der Waals surface area (Å²) < 4.78 is 13.5.